The Morgan fingerprint density at radius 1 is 0.662 bits per heavy atom. The minimum Gasteiger partial charge on any atom is -0.495 e. The Kier molecular flexibility index (Phi) is 32.4. The van der Waals surface area contributed by atoms with Gasteiger partial charge in [0.25, 0.3) is 0 Å². The molecule has 0 amide bonds. The molecule has 4 N–H and O–H groups in total. The fraction of sp³-hybridized carbons (Fsp3) is 0.614. The van der Waals surface area contributed by atoms with Gasteiger partial charge in [-0.25, -0.2) is 13.4 Å². The van der Waals surface area contributed by atoms with Crippen molar-refractivity contribution in [1.29, 1.82) is 5.26 Å². The molecule has 444 valence electrons. The van der Waals surface area contributed by atoms with Crippen LogP contribution in [0.3, 0.4) is 0 Å². The third-order valence-corrected chi connectivity index (χ3v) is 14.2. The van der Waals surface area contributed by atoms with Crippen molar-refractivity contribution in [2.75, 3.05) is 103 Å². The summed E-state index contributed by atoms with van der Waals surface area (Å²) < 4.78 is 66.4. The summed E-state index contributed by atoms with van der Waals surface area (Å²) in [5.74, 6) is -0.931. The van der Waals surface area contributed by atoms with E-state index in [2.05, 4.69) is 26.9 Å². The maximum Gasteiger partial charge on any atom is 0.305 e. The molecule has 0 saturated heterocycles. The molecule has 0 aliphatic heterocycles. The number of sulfone groups is 1. The van der Waals surface area contributed by atoms with Crippen LogP contribution in [0.1, 0.15) is 135 Å². The summed E-state index contributed by atoms with van der Waals surface area (Å²) in [7, 11) is -1.29. The number of rotatable bonds is 42. The molecule has 0 radical (unpaired) electrons. The molecule has 22 nitrogen and oxygen atoms in total. The molecule has 2 aromatic carbocycles. The lowest BCUT2D eigenvalue weighted by Crippen LogP contribution is -2.45. The van der Waals surface area contributed by atoms with Crippen LogP contribution in [-0.4, -0.2) is 150 Å². The highest BCUT2D eigenvalue weighted by atomic mass is 32.2. The topological polar surface area (TPSA) is 296 Å². The summed E-state index contributed by atoms with van der Waals surface area (Å²) in [6, 6.07) is 14.2. The van der Waals surface area contributed by atoms with Gasteiger partial charge in [0.05, 0.1) is 52.0 Å². The number of hydrogen-bond donors (Lipinski definition) is 4. The number of pyridine rings is 1. The largest absolute Gasteiger partial charge is 0.495 e. The number of aliphatic hydroxyl groups is 2. The summed E-state index contributed by atoms with van der Waals surface area (Å²) in [6.07, 6.45) is 9.17. The molecule has 3 rings (SSSR count). The quantitative estimate of drug-likeness (QED) is 0.0178. The van der Waals surface area contributed by atoms with Crippen LogP contribution >= 0.6 is 0 Å². The van der Waals surface area contributed by atoms with Crippen molar-refractivity contribution in [3.8, 4) is 17.6 Å². The fourth-order valence-electron chi connectivity index (χ4n) is 7.93. The minimum atomic E-state index is -4.01. The highest BCUT2D eigenvalue weighted by molar-refractivity contribution is 7.91. The standard InChI is InChI=1S/C57H85N7O15S/c1-43-45(42-58)55(59-28-35-75-37-38-79-53(70)27-17-11-21-34-77-51(68)25-15-9-19-32-66)61-56(60-44-22-12-7-13-23-44)54(43)63-62-46-40-48(74-6)49(41-47(46)73-5)80(71,72)39-30-64(57(2,3)4)29-36-78-52(69)26-16-10-20-33-76-50(67)24-14-8-18-31-65/h7,12-13,22-23,40-41,65-66H,8-11,14-21,24-39H2,1-6H3,(H2,59,60,61)/b63-62+. The number of hydrogen-bond acceptors (Lipinski definition) is 22. The second-order valence-electron chi connectivity index (χ2n) is 19.7. The zero-order chi connectivity index (χ0) is 58.6. The number of benzene rings is 2. The highest BCUT2D eigenvalue weighted by Gasteiger charge is 2.28. The zero-order valence-corrected chi connectivity index (χ0v) is 48.5. The van der Waals surface area contributed by atoms with Crippen molar-refractivity contribution >= 4 is 62.4 Å². The van der Waals surface area contributed by atoms with Gasteiger partial charge in [-0.3, -0.25) is 24.1 Å². The monoisotopic (exact) mass is 1140 g/mol. The first-order chi connectivity index (χ1) is 38.5. The number of para-hydroxylation sites is 1. The van der Waals surface area contributed by atoms with E-state index >= 15 is 0 Å². The van der Waals surface area contributed by atoms with Crippen LogP contribution in [0.4, 0.5) is 28.7 Å². The van der Waals surface area contributed by atoms with E-state index in [4.69, 9.17) is 48.4 Å². The molecule has 80 heavy (non-hydrogen) atoms. The van der Waals surface area contributed by atoms with E-state index in [1.54, 1.807) is 6.92 Å². The Morgan fingerprint density at radius 2 is 1.20 bits per heavy atom. The van der Waals surface area contributed by atoms with Gasteiger partial charge in [0, 0.05) is 87.5 Å². The number of azo groups is 1. The summed E-state index contributed by atoms with van der Waals surface area (Å²) in [4.78, 5) is 54.9. The highest BCUT2D eigenvalue weighted by Crippen LogP contribution is 2.41. The Bertz CT molecular complexity index is 2540. The average Bonchev–Trinajstić information content (AvgIpc) is 3.44. The number of anilines is 3. The smallest absolute Gasteiger partial charge is 0.305 e. The molecule has 3 aromatic rings. The summed E-state index contributed by atoms with van der Waals surface area (Å²) >= 11 is 0. The predicted octanol–water partition coefficient (Wildman–Crippen LogP) is 9.14. The van der Waals surface area contributed by atoms with Crippen molar-refractivity contribution in [2.24, 2.45) is 10.2 Å². The molecule has 23 heteroatoms. The number of esters is 4. The lowest BCUT2D eigenvalue weighted by molar-refractivity contribution is -0.146. The molecular weight excluding hydrogens is 1050 g/mol. The number of carbonyl (C=O) groups is 4. The molecule has 0 saturated carbocycles. The Balaban J connectivity index is 1.61. The van der Waals surface area contributed by atoms with Crippen LogP contribution in [0, 0.1) is 18.3 Å². The van der Waals surface area contributed by atoms with Gasteiger partial charge in [0.1, 0.15) is 52.9 Å². The molecule has 0 atom stereocenters. The van der Waals surface area contributed by atoms with Gasteiger partial charge < -0.3 is 54.0 Å². The van der Waals surface area contributed by atoms with Crippen LogP contribution in [0.2, 0.25) is 0 Å². The third-order valence-electron chi connectivity index (χ3n) is 12.5. The molecule has 0 aliphatic carbocycles. The minimum absolute atomic E-state index is 0.00434. The first-order valence-corrected chi connectivity index (χ1v) is 29.2. The number of nitriles is 1. The maximum atomic E-state index is 14.1. The third kappa shape index (κ3) is 26.2. The number of nitrogens with one attached hydrogen (secondary N) is 2. The lowest BCUT2D eigenvalue weighted by Gasteiger charge is -2.35. The Hall–Kier alpha value is -6.45. The Labute approximate surface area is 472 Å². The molecule has 0 spiro atoms. The summed E-state index contributed by atoms with van der Waals surface area (Å²) in [5.41, 5.74) is 1.18. The first kappa shape index (κ1) is 67.8. The number of unbranched alkanes of at least 4 members (excludes halogenated alkanes) is 8. The second kappa shape index (κ2) is 38.2. The predicted molar refractivity (Wildman–Crippen MR) is 302 cm³/mol. The van der Waals surface area contributed by atoms with E-state index in [1.807, 2.05) is 56.0 Å². The van der Waals surface area contributed by atoms with Crippen LogP contribution < -0.4 is 20.1 Å². The fourth-order valence-corrected chi connectivity index (χ4v) is 9.34. The van der Waals surface area contributed by atoms with Gasteiger partial charge in [-0.05, 0) is 104 Å². The van der Waals surface area contributed by atoms with Gasteiger partial charge in [-0.2, -0.15) is 5.26 Å². The number of nitrogens with zero attached hydrogens (tertiary/aromatic N) is 5. The first-order valence-electron chi connectivity index (χ1n) is 27.6. The van der Waals surface area contributed by atoms with Crippen LogP contribution in [0.25, 0.3) is 0 Å². The molecule has 0 fully saturated rings. The molecule has 0 aliphatic rings. The van der Waals surface area contributed by atoms with Crippen LogP contribution in [0.5, 0.6) is 11.5 Å². The van der Waals surface area contributed by atoms with E-state index in [9.17, 15) is 32.9 Å². The number of carbonyl (C=O) groups excluding carboxylic acids is 4. The van der Waals surface area contributed by atoms with Crippen LogP contribution in [0.15, 0.2) is 57.6 Å². The SMILES string of the molecule is COc1cc(S(=O)(=O)CCN(CCOC(=O)CCCCCOC(=O)CCCCCO)C(C)(C)C)c(OC)cc1/N=N/c1c(Nc2ccccc2)nc(NCCOCCOC(=O)CCCCCOC(=O)CCCCCO)c(C#N)c1C. The zero-order valence-electron chi connectivity index (χ0n) is 47.7. The van der Waals surface area contributed by atoms with Crippen molar-refractivity contribution in [2.45, 2.75) is 141 Å². The summed E-state index contributed by atoms with van der Waals surface area (Å²) in [5, 5.41) is 43.5. The van der Waals surface area contributed by atoms with E-state index < -0.39 is 15.4 Å². The molecule has 1 aromatic heterocycles. The average molecular weight is 1140 g/mol. The molecule has 1 heterocycles. The normalized spacial score (nSPS) is 11.6. The lowest BCUT2D eigenvalue weighted by atomic mass is 10.1. The van der Waals surface area contributed by atoms with Crippen molar-refractivity contribution in [3.05, 3.63) is 53.6 Å². The number of ether oxygens (including phenoxy) is 7. The molecule has 0 unspecified atom stereocenters. The van der Waals surface area contributed by atoms with E-state index in [0.717, 1.165) is 12.8 Å². The number of aromatic nitrogens is 1. The van der Waals surface area contributed by atoms with Crippen molar-refractivity contribution in [1.82, 2.24) is 9.88 Å². The van der Waals surface area contributed by atoms with Gasteiger partial charge in [0.2, 0.25) is 0 Å². The van der Waals surface area contributed by atoms with Gasteiger partial charge in [-0.15, -0.1) is 10.2 Å². The van der Waals surface area contributed by atoms with Crippen LogP contribution in [-0.2, 0) is 52.7 Å². The van der Waals surface area contributed by atoms with E-state index in [0.29, 0.717) is 94.9 Å². The molecule has 0 bridgehead atoms. The summed E-state index contributed by atoms with van der Waals surface area (Å²) in [6.45, 7) is 9.46. The van der Waals surface area contributed by atoms with Gasteiger partial charge in [-0.1, -0.05) is 31.0 Å². The van der Waals surface area contributed by atoms with Gasteiger partial charge in [0.15, 0.2) is 15.7 Å². The number of methoxy groups -OCH3 is 2. The second-order valence-corrected chi connectivity index (χ2v) is 21.8. The Morgan fingerprint density at radius 3 is 1.73 bits per heavy atom. The molecular formula is C57H85N7O15S. The van der Waals surface area contributed by atoms with Crippen molar-refractivity contribution < 1.29 is 71.0 Å². The van der Waals surface area contributed by atoms with Crippen molar-refractivity contribution in [3.63, 3.8) is 0 Å². The maximum absolute atomic E-state index is 14.1. The van der Waals surface area contributed by atoms with Gasteiger partial charge >= 0.3 is 23.9 Å². The number of aliphatic hydroxyl groups excluding tert-OH is 2. The van der Waals surface area contributed by atoms with E-state index in [-0.39, 0.29) is 153 Å². The van der Waals surface area contributed by atoms with E-state index in [1.165, 1.54) is 26.4 Å².